The number of hydrogen-bond acceptors (Lipinski definition) is 4. The zero-order valence-electron chi connectivity index (χ0n) is 8.84. The number of rotatable bonds is 9. The van der Waals surface area contributed by atoms with Gasteiger partial charge < -0.3 is 14.8 Å². The van der Waals surface area contributed by atoms with Crippen LogP contribution in [0.25, 0.3) is 0 Å². The van der Waals surface area contributed by atoms with E-state index in [0.717, 1.165) is 13.1 Å². The van der Waals surface area contributed by atoms with Gasteiger partial charge in [0.1, 0.15) is 0 Å². The second kappa shape index (κ2) is 10.3. The Bertz CT molecular complexity index is 104. The van der Waals surface area contributed by atoms with Crippen LogP contribution in [0.2, 0.25) is 0 Å². The van der Waals surface area contributed by atoms with E-state index >= 15 is 0 Å². The van der Waals surface area contributed by atoms with E-state index in [1.165, 1.54) is 12.2 Å². The summed E-state index contributed by atoms with van der Waals surface area (Å²) < 4.78 is 10.2. The topological polar surface area (TPSA) is 30.5 Å². The van der Waals surface area contributed by atoms with Crippen molar-refractivity contribution in [3.05, 3.63) is 0 Å². The van der Waals surface area contributed by atoms with E-state index in [2.05, 4.69) is 11.6 Å². The van der Waals surface area contributed by atoms with E-state index in [1.54, 1.807) is 14.2 Å². The van der Waals surface area contributed by atoms with Crippen LogP contribution in [0.5, 0.6) is 0 Å². The van der Waals surface area contributed by atoms with E-state index in [9.17, 15) is 0 Å². The van der Waals surface area contributed by atoms with Gasteiger partial charge in [0.05, 0.1) is 12.7 Å². The molecule has 0 aromatic carbocycles. The number of ether oxygens (including phenoxy) is 2. The van der Waals surface area contributed by atoms with Crippen molar-refractivity contribution < 1.29 is 9.47 Å². The van der Waals surface area contributed by atoms with Gasteiger partial charge in [0.25, 0.3) is 0 Å². The van der Waals surface area contributed by atoms with Gasteiger partial charge >= 0.3 is 0 Å². The van der Waals surface area contributed by atoms with Crippen LogP contribution in [0.15, 0.2) is 0 Å². The maximum Gasteiger partial charge on any atom is 0.0928 e. The van der Waals surface area contributed by atoms with Crippen molar-refractivity contribution in [2.24, 2.45) is 0 Å². The second-order valence-corrected chi connectivity index (χ2v) is 3.85. The molecule has 0 aliphatic rings. The van der Waals surface area contributed by atoms with Crippen molar-refractivity contribution in [3.8, 4) is 0 Å². The minimum Gasteiger partial charge on any atom is -0.382 e. The Labute approximate surface area is 85.6 Å². The van der Waals surface area contributed by atoms with E-state index in [4.69, 9.17) is 9.47 Å². The number of nitrogens with one attached hydrogen (secondary N) is 1. The summed E-state index contributed by atoms with van der Waals surface area (Å²) in [4.78, 5) is 0. The summed E-state index contributed by atoms with van der Waals surface area (Å²) in [6.07, 6.45) is 3.52. The van der Waals surface area contributed by atoms with Crippen LogP contribution in [-0.2, 0) is 9.47 Å². The third-order valence-corrected chi connectivity index (χ3v) is 2.46. The first kappa shape index (κ1) is 13.2. The summed E-state index contributed by atoms with van der Waals surface area (Å²) >= 11 is 1.88. The van der Waals surface area contributed by atoms with E-state index in [0.29, 0.717) is 6.61 Å². The molecule has 0 rings (SSSR count). The fourth-order valence-corrected chi connectivity index (χ4v) is 1.43. The van der Waals surface area contributed by atoms with Crippen LogP contribution >= 0.6 is 11.8 Å². The predicted molar refractivity (Wildman–Crippen MR) is 58.5 cm³/mol. The Hall–Kier alpha value is 0.230. The van der Waals surface area contributed by atoms with Crippen molar-refractivity contribution in [2.45, 2.75) is 12.5 Å². The first-order chi connectivity index (χ1) is 6.35. The highest BCUT2D eigenvalue weighted by Crippen LogP contribution is 1.94. The molecule has 0 radical (unpaired) electrons. The lowest BCUT2D eigenvalue weighted by Crippen LogP contribution is -2.32. The molecule has 3 nitrogen and oxygen atoms in total. The quantitative estimate of drug-likeness (QED) is 0.571. The molecule has 13 heavy (non-hydrogen) atoms. The van der Waals surface area contributed by atoms with Crippen LogP contribution in [0, 0.1) is 0 Å². The Morgan fingerprint density at radius 2 is 2.15 bits per heavy atom. The highest BCUT2D eigenvalue weighted by atomic mass is 32.2. The molecule has 4 heteroatoms. The smallest absolute Gasteiger partial charge is 0.0928 e. The van der Waals surface area contributed by atoms with Gasteiger partial charge in [-0.3, -0.25) is 0 Å². The van der Waals surface area contributed by atoms with Gasteiger partial charge in [-0.15, -0.1) is 0 Å². The number of thioether (sulfide) groups is 1. The van der Waals surface area contributed by atoms with Crippen LogP contribution in [0.1, 0.15) is 6.42 Å². The lowest BCUT2D eigenvalue weighted by Gasteiger charge is -2.14. The average Bonchev–Trinajstić information content (AvgIpc) is 2.16. The minimum atomic E-state index is 0.180. The van der Waals surface area contributed by atoms with Crippen molar-refractivity contribution >= 4 is 11.8 Å². The lowest BCUT2D eigenvalue weighted by atomic mass is 10.3. The normalized spacial score (nSPS) is 13.2. The zero-order valence-corrected chi connectivity index (χ0v) is 9.65. The Morgan fingerprint density at radius 1 is 1.38 bits per heavy atom. The maximum atomic E-state index is 5.20. The van der Waals surface area contributed by atoms with Gasteiger partial charge in [-0.2, -0.15) is 11.8 Å². The second-order valence-electron chi connectivity index (χ2n) is 2.86. The van der Waals surface area contributed by atoms with Gasteiger partial charge in [-0.25, -0.2) is 0 Å². The minimum absolute atomic E-state index is 0.180. The van der Waals surface area contributed by atoms with Crippen LogP contribution in [-0.4, -0.2) is 52.0 Å². The third kappa shape index (κ3) is 8.56. The van der Waals surface area contributed by atoms with Gasteiger partial charge in [-0.05, 0) is 25.0 Å². The molecule has 0 aromatic rings. The molecule has 0 bridgehead atoms. The van der Waals surface area contributed by atoms with E-state index in [1.807, 2.05) is 11.8 Å². The molecule has 0 fully saturated rings. The molecule has 1 N–H and O–H groups in total. The van der Waals surface area contributed by atoms with E-state index < -0.39 is 0 Å². The Balaban J connectivity index is 3.17. The van der Waals surface area contributed by atoms with Crippen molar-refractivity contribution in [1.29, 1.82) is 0 Å². The molecule has 0 spiro atoms. The van der Waals surface area contributed by atoms with Crippen molar-refractivity contribution in [2.75, 3.05) is 45.9 Å². The van der Waals surface area contributed by atoms with Gasteiger partial charge in [0.15, 0.2) is 0 Å². The Kier molecular flexibility index (Phi) is 10.5. The highest BCUT2D eigenvalue weighted by molar-refractivity contribution is 7.98. The van der Waals surface area contributed by atoms with Crippen LogP contribution in [0.4, 0.5) is 0 Å². The van der Waals surface area contributed by atoms with Gasteiger partial charge in [0.2, 0.25) is 0 Å². The molecule has 0 aliphatic carbocycles. The summed E-state index contributed by atoms with van der Waals surface area (Å²) in [5.41, 5.74) is 0. The molecule has 1 unspecified atom stereocenters. The first-order valence-electron chi connectivity index (χ1n) is 4.56. The summed E-state index contributed by atoms with van der Waals surface area (Å²) in [5, 5.41) is 3.34. The van der Waals surface area contributed by atoms with Gasteiger partial charge in [-0.1, -0.05) is 0 Å². The Morgan fingerprint density at radius 3 is 2.69 bits per heavy atom. The molecule has 0 saturated heterocycles. The molecular weight excluding hydrogens is 186 g/mol. The van der Waals surface area contributed by atoms with E-state index in [-0.39, 0.29) is 6.10 Å². The number of hydrogen-bond donors (Lipinski definition) is 1. The average molecular weight is 207 g/mol. The maximum absolute atomic E-state index is 5.20. The van der Waals surface area contributed by atoms with Crippen molar-refractivity contribution in [1.82, 2.24) is 5.32 Å². The summed E-state index contributed by atoms with van der Waals surface area (Å²) in [6.45, 7) is 2.59. The molecule has 0 saturated carbocycles. The summed E-state index contributed by atoms with van der Waals surface area (Å²) in [6, 6.07) is 0. The first-order valence-corrected chi connectivity index (χ1v) is 5.96. The fourth-order valence-electron chi connectivity index (χ4n) is 1.00. The summed E-state index contributed by atoms with van der Waals surface area (Å²) in [7, 11) is 3.41. The van der Waals surface area contributed by atoms with Gasteiger partial charge in [0, 0.05) is 20.8 Å². The zero-order chi connectivity index (χ0) is 9.94. The predicted octanol–water partition coefficient (Wildman–Crippen LogP) is 0.990. The van der Waals surface area contributed by atoms with Crippen LogP contribution in [0.3, 0.4) is 0 Å². The SMILES string of the molecule is COCC(CNCCCSC)OC. The molecular formula is C9H21NO2S. The van der Waals surface area contributed by atoms with Crippen molar-refractivity contribution in [3.63, 3.8) is 0 Å². The molecule has 80 valence electrons. The largest absolute Gasteiger partial charge is 0.382 e. The lowest BCUT2D eigenvalue weighted by molar-refractivity contribution is 0.0291. The van der Waals surface area contributed by atoms with Crippen LogP contribution < -0.4 is 5.32 Å². The summed E-state index contributed by atoms with van der Waals surface area (Å²) in [5.74, 6) is 1.22. The molecule has 1 atom stereocenters. The molecule has 0 aliphatic heterocycles. The monoisotopic (exact) mass is 207 g/mol. The third-order valence-electron chi connectivity index (χ3n) is 1.76. The fraction of sp³-hybridized carbons (Fsp3) is 1.00. The standard InChI is InChI=1S/C9H21NO2S/c1-11-8-9(12-2)7-10-5-4-6-13-3/h9-10H,4-8H2,1-3H3. The number of methoxy groups -OCH3 is 2. The molecule has 0 heterocycles. The molecule has 0 amide bonds. The highest BCUT2D eigenvalue weighted by Gasteiger charge is 2.04. The molecule has 0 aromatic heterocycles.